The molecule has 2 unspecified atom stereocenters. The Bertz CT molecular complexity index is 1320. The predicted octanol–water partition coefficient (Wildman–Crippen LogP) is 4.20. The summed E-state index contributed by atoms with van der Waals surface area (Å²) >= 11 is 1.33. The van der Waals surface area contributed by atoms with Crippen LogP contribution in [-0.4, -0.2) is 53.7 Å². The van der Waals surface area contributed by atoms with E-state index in [1.807, 2.05) is 68.5 Å². The van der Waals surface area contributed by atoms with Crippen molar-refractivity contribution in [2.24, 2.45) is 0 Å². The second-order valence-corrected chi connectivity index (χ2v) is 9.77. The van der Waals surface area contributed by atoms with Gasteiger partial charge in [-0.25, -0.2) is 0 Å². The highest BCUT2D eigenvalue weighted by Crippen LogP contribution is 2.28. The van der Waals surface area contributed by atoms with Gasteiger partial charge in [0.1, 0.15) is 6.54 Å². The van der Waals surface area contributed by atoms with E-state index in [0.717, 1.165) is 36.0 Å². The summed E-state index contributed by atoms with van der Waals surface area (Å²) < 4.78 is 3.87. The van der Waals surface area contributed by atoms with E-state index in [-0.39, 0.29) is 36.2 Å². The number of hydrogen-bond acceptors (Lipinski definition) is 5. The lowest BCUT2D eigenvalue weighted by Crippen LogP contribution is -2.48. The summed E-state index contributed by atoms with van der Waals surface area (Å²) in [5.74, 6) is 0.803. The maximum Gasteiger partial charge on any atom is 0.243 e. The van der Waals surface area contributed by atoms with Crippen LogP contribution < -0.4 is 5.32 Å². The van der Waals surface area contributed by atoms with Crippen molar-refractivity contribution in [3.8, 4) is 0 Å². The van der Waals surface area contributed by atoms with Crippen molar-refractivity contribution in [3.05, 3.63) is 54.6 Å². The van der Waals surface area contributed by atoms with Crippen LogP contribution in [0.2, 0.25) is 0 Å². The largest absolute Gasteiger partial charge is 0.336 e. The molecule has 1 aliphatic heterocycles. The van der Waals surface area contributed by atoms with Crippen LogP contribution in [0.1, 0.15) is 33.1 Å². The molecule has 34 heavy (non-hydrogen) atoms. The highest BCUT2D eigenvalue weighted by atomic mass is 32.2. The number of para-hydroxylation sites is 3. The van der Waals surface area contributed by atoms with Gasteiger partial charge in [-0.3, -0.25) is 18.6 Å². The highest BCUT2D eigenvalue weighted by molar-refractivity contribution is 7.99. The smallest absolute Gasteiger partial charge is 0.243 e. The molecule has 0 spiro atoms. The summed E-state index contributed by atoms with van der Waals surface area (Å²) in [5, 5.41) is 12.3. The highest BCUT2D eigenvalue weighted by Gasteiger charge is 2.30. The average Bonchev–Trinajstić information content (AvgIpc) is 3.38. The molecule has 0 saturated carbocycles. The lowest BCUT2D eigenvalue weighted by atomic mass is 9.97. The van der Waals surface area contributed by atoms with Gasteiger partial charge >= 0.3 is 0 Å². The van der Waals surface area contributed by atoms with Crippen molar-refractivity contribution in [3.63, 3.8) is 0 Å². The van der Waals surface area contributed by atoms with Crippen LogP contribution in [0.3, 0.4) is 0 Å². The number of rotatable bonds is 6. The summed E-state index contributed by atoms with van der Waals surface area (Å²) in [6.45, 7) is 4.47. The predicted molar refractivity (Wildman–Crippen MR) is 134 cm³/mol. The molecule has 2 aromatic heterocycles. The first kappa shape index (κ1) is 22.5. The Morgan fingerprint density at radius 3 is 2.38 bits per heavy atom. The number of aromatic nitrogens is 4. The Labute approximate surface area is 202 Å². The van der Waals surface area contributed by atoms with E-state index < -0.39 is 0 Å². The third kappa shape index (κ3) is 4.27. The number of carbonyl (C=O) groups excluding carboxylic acids is 2. The number of imidazole rings is 1. The summed E-state index contributed by atoms with van der Waals surface area (Å²) in [6.07, 6.45) is 3.23. The third-order valence-electron chi connectivity index (χ3n) is 6.44. The Morgan fingerprint density at radius 2 is 1.65 bits per heavy atom. The molecule has 5 rings (SSSR count). The van der Waals surface area contributed by atoms with Crippen molar-refractivity contribution in [1.29, 1.82) is 0 Å². The number of nitrogens with one attached hydrogen (secondary N) is 1. The van der Waals surface area contributed by atoms with Crippen LogP contribution in [0.15, 0.2) is 59.8 Å². The van der Waals surface area contributed by atoms with Gasteiger partial charge in [0.2, 0.25) is 17.6 Å². The number of carbonyl (C=O) groups is 2. The fourth-order valence-electron chi connectivity index (χ4n) is 4.86. The molecule has 176 valence electrons. The minimum Gasteiger partial charge on any atom is -0.336 e. The van der Waals surface area contributed by atoms with Crippen LogP contribution in [0, 0.1) is 0 Å². The number of thioether (sulfide) groups is 1. The molecule has 2 atom stereocenters. The summed E-state index contributed by atoms with van der Waals surface area (Å²) in [6, 6.07) is 17.8. The molecule has 8 nitrogen and oxygen atoms in total. The van der Waals surface area contributed by atoms with Gasteiger partial charge in [-0.05, 0) is 57.4 Å². The maximum atomic E-state index is 13.4. The quantitative estimate of drug-likeness (QED) is 0.422. The molecule has 4 aromatic rings. The standard InChI is InChI=1S/C25H28N6O2S/c1-17-9-8-10-18(2)30(17)23(33)15-29-20-13-6-7-14-21(20)31-24(29)27-28-25(31)34-16-22(32)26-19-11-4-3-5-12-19/h3-7,11-14,17-18H,8-10,15-16H2,1-2H3,(H,26,32). The molecule has 2 amide bonds. The number of hydrogen-bond donors (Lipinski definition) is 1. The van der Waals surface area contributed by atoms with Gasteiger partial charge in [-0.1, -0.05) is 42.1 Å². The van der Waals surface area contributed by atoms with Crippen molar-refractivity contribution < 1.29 is 9.59 Å². The minimum atomic E-state index is -0.111. The van der Waals surface area contributed by atoms with Crippen LogP contribution in [0.25, 0.3) is 16.8 Å². The summed E-state index contributed by atoms with van der Waals surface area (Å²) in [5.41, 5.74) is 2.60. The van der Waals surface area contributed by atoms with Gasteiger partial charge < -0.3 is 10.2 Å². The van der Waals surface area contributed by atoms with Crippen molar-refractivity contribution in [1.82, 2.24) is 24.1 Å². The Hall–Kier alpha value is -3.33. The molecule has 1 N–H and O–H groups in total. The van der Waals surface area contributed by atoms with E-state index in [0.29, 0.717) is 10.9 Å². The van der Waals surface area contributed by atoms with Crippen molar-refractivity contribution in [2.75, 3.05) is 11.1 Å². The Morgan fingerprint density at radius 1 is 0.971 bits per heavy atom. The van der Waals surface area contributed by atoms with E-state index in [1.165, 1.54) is 11.8 Å². The first-order valence-corrected chi connectivity index (χ1v) is 12.6. The van der Waals surface area contributed by atoms with Crippen molar-refractivity contribution in [2.45, 2.75) is 56.9 Å². The monoisotopic (exact) mass is 476 g/mol. The van der Waals surface area contributed by atoms with Crippen LogP contribution in [0.5, 0.6) is 0 Å². The Balaban J connectivity index is 1.40. The zero-order valence-corrected chi connectivity index (χ0v) is 20.2. The topological polar surface area (TPSA) is 84.5 Å². The molecule has 0 radical (unpaired) electrons. The number of amides is 2. The number of anilines is 1. The van der Waals surface area contributed by atoms with E-state index in [1.54, 1.807) is 0 Å². The zero-order valence-electron chi connectivity index (χ0n) is 19.3. The summed E-state index contributed by atoms with van der Waals surface area (Å²) in [4.78, 5) is 27.8. The second-order valence-electron chi connectivity index (χ2n) is 8.83. The zero-order chi connectivity index (χ0) is 23.7. The molecular formula is C25H28N6O2S. The van der Waals surface area contributed by atoms with Crippen LogP contribution in [0.4, 0.5) is 5.69 Å². The second kappa shape index (κ2) is 9.50. The normalized spacial score (nSPS) is 18.5. The SMILES string of the molecule is CC1CCCC(C)N1C(=O)Cn1c2ccccc2n2c(SCC(=O)Nc3ccccc3)nnc12. The fraction of sp³-hybridized carbons (Fsp3) is 0.360. The number of fused-ring (bicyclic) bond motifs is 3. The van der Waals surface area contributed by atoms with E-state index in [4.69, 9.17) is 0 Å². The fourth-order valence-corrected chi connectivity index (χ4v) is 5.60. The van der Waals surface area contributed by atoms with Gasteiger partial charge in [-0.2, -0.15) is 0 Å². The van der Waals surface area contributed by atoms with Gasteiger partial charge in [0, 0.05) is 17.8 Å². The Kier molecular flexibility index (Phi) is 6.28. The average molecular weight is 477 g/mol. The first-order valence-electron chi connectivity index (χ1n) is 11.6. The molecule has 0 aliphatic carbocycles. The number of benzene rings is 2. The third-order valence-corrected chi connectivity index (χ3v) is 7.36. The number of nitrogens with zero attached hydrogens (tertiary/aromatic N) is 5. The van der Waals surface area contributed by atoms with Crippen LogP contribution in [-0.2, 0) is 16.1 Å². The van der Waals surface area contributed by atoms with Gasteiger partial charge in [-0.15, -0.1) is 10.2 Å². The molecule has 0 bridgehead atoms. The minimum absolute atomic E-state index is 0.0994. The molecule has 1 aliphatic rings. The molecule has 3 heterocycles. The van der Waals surface area contributed by atoms with Gasteiger partial charge in [0.25, 0.3) is 0 Å². The van der Waals surface area contributed by atoms with Crippen molar-refractivity contribution >= 4 is 46.1 Å². The van der Waals surface area contributed by atoms with E-state index in [2.05, 4.69) is 29.4 Å². The van der Waals surface area contributed by atoms with Crippen LogP contribution >= 0.6 is 11.8 Å². The molecule has 1 saturated heterocycles. The number of likely N-dealkylation sites (tertiary alicyclic amines) is 1. The van der Waals surface area contributed by atoms with E-state index >= 15 is 0 Å². The molecular weight excluding hydrogens is 448 g/mol. The lowest BCUT2D eigenvalue weighted by molar-refractivity contribution is -0.137. The summed E-state index contributed by atoms with van der Waals surface area (Å²) in [7, 11) is 0. The number of piperidine rings is 1. The van der Waals surface area contributed by atoms with Gasteiger partial charge in [0.05, 0.1) is 16.8 Å². The molecule has 9 heteroatoms. The lowest BCUT2D eigenvalue weighted by Gasteiger charge is -2.39. The van der Waals surface area contributed by atoms with E-state index in [9.17, 15) is 9.59 Å². The molecule has 1 fully saturated rings. The maximum absolute atomic E-state index is 13.4. The first-order chi connectivity index (χ1) is 16.5. The van der Waals surface area contributed by atoms with Gasteiger partial charge in [0.15, 0.2) is 5.16 Å². The molecule has 2 aromatic carbocycles.